The molecular formula is C11H15N3O2S. The SMILES string of the molecule is CC(C)COC(=O)NC(=S)Nc1ccncc1. The van der Waals surface area contributed by atoms with E-state index in [1.165, 1.54) is 0 Å². The Morgan fingerprint density at radius 2 is 2.12 bits per heavy atom. The summed E-state index contributed by atoms with van der Waals surface area (Å²) >= 11 is 4.95. The molecule has 1 aromatic heterocycles. The van der Waals surface area contributed by atoms with E-state index in [0.717, 1.165) is 5.69 Å². The van der Waals surface area contributed by atoms with Crippen LogP contribution in [0, 0.1) is 5.92 Å². The van der Waals surface area contributed by atoms with Gasteiger partial charge in [-0.2, -0.15) is 0 Å². The van der Waals surface area contributed by atoms with Crippen molar-refractivity contribution in [3.63, 3.8) is 0 Å². The predicted molar refractivity (Wildman–Crippen MR) is 69.8 cm³/mol. The number of aromatic nitrogens is 1. The van der Waals surface area contributed by atoms with Crippen LogP contribution in [-0.4, -0.2) is 22.8 Å². The predicted octanol–water partition coefficient (Wildman–Crippen LogP) is 2.16. The van der Waals surface area contributed by atoms with E-state index in [1.807, 2.05) is 13.8 Å². The van der Waals surface area contributed by atoms with Crippen LogP contribution in [0.15, 0.2) is 24.5 Å². The molecule has 0 fully saturated rings. The van der Waals surface area contributed by atoms with Gasteiger partial charge >= 0.3 is 6.09 Å². The lowest BCUT2D eigenvalue weighted by atomic mass is 10.2. The van der Waals surface area contributed by atoms with E-state index in [9.17, 15) is 4.79 Å². The minimum absolute atomic E-state index is 0.199. The first-order valence-electron chi connectivity index (χ1n) is 5.22. The van der Waals surface area contributed by atoms with Gasteiger partial charge in [-0.1, -0.05) is 13.8 Å². The molecule has 0 atom stereocenters. The largest absolute Gasteiger partial charge is 0.449 e. The van der Waals surface area contributed by atoms with Crippen LogP contribution >= 0.6 is 12.2 Å². The van der Waals surface area contributed by atoms with E-state index < -0.39 is 6.09 Å². The van der Waals surface area contributed by atoms with E-state index in [0.29, 0.717) is 12.5 Å². The van der Waals surface area contributed by atoms with Crippen LogP contribution in [0.1, 0.15) is 13.8 Å². The van der Waals surface area contributed by atoms with E-state index >= 15 is 0 Å². The first kappa shape index (κ1) is 13.4. The highest BCUT2D eigenvalue weighted by Gasteiger charge is 2.06. The minimum atomic E-state index is -0.551. The molecule has 1 rings (SSSR count). The second kappa shape index (κ2) is 6.80. The topological polar surface area (TPSA) is 63.2 Å². The maximum absolute atomic E-state index is 11.3. The molecule has 1 amide bonds. The van der Waals surface area contributed by atoms with Gasteiger partial charge in [0, 0.05) is 18.1 Å². The van der Waals surface area contributed by atoms with Gasteiger partial charge < -0.3 is 10.1 Å². The van der Waals surface area contributed by atoms with Gasteiger partial charge in [-0.3, -0.25) is 10.3 Å². The van der Waals surface area contributed by atoms with Gasteiger partial charge in [0.25, 0.3) is 0 Å². The Morgan fingerprint density at radius 3 is 2.71 bits per heavy atom. The number of alkyl carbamates (subject to hydrolysis) is 1. The summed E-state index contributed by atoms with van der Waals surface area (Å²) in [5, 5.41) is 5.46. The second-order valence-electron chi connectivity index (χ2n) is 3.81. The average molecular weight is 253 g/mol. The van der Waals surface area contributed by atoms with Gasteiger partial charge in [-0.05, 0) is 30.3 Å². The van der Waals surface area contributed by atoms with Gasteiger partial charge in [0.15, 0.2) is 5.11 Å². The molecular weight excluding hydrogens is 238 g/mol. The number of anilines is 1. The average Bonchev–Trinajstić information content (AvgIpc) is 2.27. The molecule has 92 valence electrons. The van der Waals surface area contributed by atoms with E-state index in [1.54, 1.807) is 24.5 Å². The molecule has 1 aromatic rings. The lowest BCUT2D eigenvalue weighted by molar-refractivity contribution is 0.138. The van der Waals surface area contributed by atoms with Crippen LogP contribution in [-0.2, 0) is 4.74 Å². The van der Waals surface area contributed by atoms with Crippen LogP contribution in [0.2, 0.25) is 0 Å². The number of carbonyl (C=O) groups excluding carboxylic acids is 1. The summed E-state index contributed by atoms with van der Waals surface area (Å²) in [6.45, 7) is 4.28. The molecule has 0 bridgehead atoms. The van der Waals surface area contributed by atoms with Crippen molar-refractivity contribution in [2.24, 2.45) is 5.92 Å². The number of amides is 1. The highest BCUT2D eigenvalue weighted by atomic mass is 32.1. The molecule has 0 spiro atoms. The molecule has 17 heavy (non-hydrogen) atoms. The van der Waals surface area contributed by atoms with Gasteiger partial charge in [-0.15, -0.1) is 0 Å². The summed E-state index contributed by atoms with van der Waals surface area (Å²) in [6, 6.07) is 3.49. The molecule has 0 radical (unpaired) electrons. The summed E-state index contributed by atoms with van der Waals surface area (Å²) in [4.78, 5) is 15.1. The molecule has 0 aliphatic heterocycles. The number of hydrogen-bond acceptors (Lipinski definition) is 4. The summed E-state index contributed by atoms with van der Waals surface area (Å²) in [5.74, 6) is 0.294. The molecule has 6 heteroatoms. The highest BCUT2D eigenvalue weighted by molar-refractivity contribution is 7.80. The van der Waals surface area contributed by atoms with Crippen LogP contribution in [0.5, 0.6) is 0 Å². The number of rotatable bonds is 3. The monoisotopic (exact) mass is 253 g/mol. The minimum Gasteiger partial charge on any atom is -0.449 e. The zero-order valence-corrected chi connectivity index (χ0v) is 10.6. The third kappa shape index (κ3) is 5.82. The Bertz CT molecular complexity index is 382. The van der Waals surface area contributed by atoms with Gasteiger partial charge in [0.1, 0.15) is 0 Å². The molecule has 0 aliphatic carbocycles. The smallest absolute Gasteiger partial charge is 0.413 e. The molecule has 0 saturated carbocycles. The van der Waals surface area contributed by atoms with Gasteiger partial charge in [0.2, 0.25) is 0 Å². The number of carbonyl (C=O) groups is 1. The highest BCUT2D eigenvalue weighted by Crippen LogP contribution is 2.02. The molecule has 0 aliphatic rings. The summed E-state index contributed by atoms with van der Waals surface area (Å²) in [7, 11) is 0. The fourth-order valence-electron chi connectivity index (χ4n) is 0.969. The van der Waals surface area contributed by atoms with Crippen molar-refractivity contribution in [2.45, 2.75) is 13.8 Å². The molecule has 0 unspecified atom stereocenters. The number of ether oxygens (including phenoxy) is 1. The first-order valence-corrected chi connectivity index (χ1v) is 5.63. The lowest BCUT2D eigenvalue weighted by Crippen LogP contribution is -2.35. The summed E-state index contributed by atoms with van der Waals surface area (Å²) in [6.07, 6.45) is 2.70. The van der Waals surface area contributed by atoms with Gasteiger partial charge in [0.05, 0.1) is 6.61 Å². The fourth-order valence-corrected chi connectivity index (χ4v) is 1.17. The molecule has 0 saturated heterocycles. The fraction of sp³-hybridized carbons (Fsp3) is 0.364. The Balaban J connectivity index is 2.32. The van der Waals surface area contributed by atoms with Gasteiger partial charge in [-0.25, -0.2) is 4.79 Å². The second-order valence-corrected chi connectivity index (χ2v) is 4.22. The Hall–Kier alpha value is -1.69. The van der Waals surface area contributed by atoms with Crippen molar-refractivity contribution in [1.82, 2.24) is 10.3 Å². The number of thiocarbonyl (C=S) groups is 1. The van der Waals surface area contributed by atoms with Crippen LogP contribution in [0.25, 0.3) is 0 Å². The Labute approximate surface area is 106 Å². The lowest BCUT2D eigenvalue weighted by Gasteiger charge is -2.10. The third-order valence-electron chi connectivity index (χ3n) is 1.70. The Morgan fingerprint density at radius 1 is 1.47 bits per heavy atom. The molecule has 0 aromatic carbocycles. The zero-order chi connectivity index (χ0) is 12.7. The van der Waals surface area contributed by atoms with Crippen LogP contribution in [0.3, 0.4) is 0 Å². The molecule has 1 heterocycles. The van der Waals surface area contributed by atoms with Crippen molar-refractivity contribution in [2.75, 3.05) is 11.9 Å². The molecule has 2 N–H and O–H groups in total. The number of nitrogens with zero attached hydrogens (tertiary/aromatic N) is 1. The van der Waals surface area contributed by atoms with E-state index in [-0.39, 0.29) is 5.11 Å². The number of hydrogen-bond donors (Lipinski definition) is 2. The quantitative estimate of drug-likeness (QED) is 0.808. The van der Waals surface area contributed by atoms with Crippen molar-refractivity contribution < 1.29 is 9.53 Å². The van der Waals surface area contributed by atoms with Crippen molar-refractivity contribution in [1.29, 1.82) is 0 Å². The van der Waals surface area contributed by atoms with E-state index in [4.69, 9.17) is 17.0 Å². The first-order chi connectivity index (χ1) is 8.08. The van der Waals surface area contributed by atoms with E-state index in [2.05, 4.69) is 15.6 Å². The maximum atomic E-state index is 11.3. The standard InChI is InChI=1S/C11H15N3O2S/c1-8(2)7-16-11(15)14-10(17)13-9-3-5-12-6-4-9/h3-6,8H,7H2,1-2H3,(H2,12,13,14,15,17). The maximum Gasteiger partial charge on any atom is 0.413 e. The summed E-state index contributed by atoms with van der Waals surface area (Å²) in [5.41, 5.74) is 0.758. The zero-order valence-electron chi connectivity index (χ0n) is 9.77. The van der Waals surface area contributed by atoms with Crippen LogP contribution in [0.4, 0.5) is 10.5 Å². The van der Waals surface area contributed by atoms with Crippen molar-refractivity contribution in [3.8, 4) is 0 Å². The normalized spacial score (nSPS) is 9.82. The van der Waals surface area contributed by atoms with Crippen LogP contribution < -0.4 is 10.6 Å². The number of nitrogens with one attached hydrogen (secondary N) is 2. The Kier molecular flexibility index (Phi) is 5.35. The summed E-state index contributed by atoms with van der Waals surface area (Å²) < 4.78 is 4.92. The molecule has 5 nitrogen and oxygen atoms in total. The van der Waals surface area contributed by atoms with Crippen molar-refractivity contribution >= 4 is 29.1 Å². The third-order valence-corrected chi connectivity index (χ3v) is 1.91. The van der Waals surface area contributed by atoms with Crippen molar-refractivity contribution in [3.05, 3.63) is 24.5 Å². The number of pyridine rings is 1.